The first-order valence-corrected chi connectivity index (χ1v) is 9.29. The SMILES string of the molecule is Nc1c(NCCCN2CCOCC2)ncnc1Nc1ccc(Br)cc1F. The molecule has 1 aliphatic rings. The molecule has 9 heteroatoms. The Bertz CT molecular complexity index is 741. The van der Waals surface area contributed by atoms with Gasteiger partial charge in [-0.1, -0.05) is 15.9 Å². The predicted molar refractivity (Wildman–Crippen MR) is 104 cm³/mol. The number of ether oxygens (including phenoxy) is 1. The van der Waals surface area contributed by atoms with Crippen LogP contribution in [0.3, 0.4) is 0 Å². The van der Waals surface area contributed by atoms with Crippen LogP contribution in [0.4, 0.5) is 27.4 Å². The van der Waals surface area contributed by atoms with Gasteiger partial charge in [0.25, 0.3) is 0 Å². The van der Waals surface area contributed by atoms with Crippen LogP contribution in [0.1, 0.15) is 6.42 Å². The molecule has 1 aromatic carbocycles. The molecule has 2 heterocycles. The molecular weight excluding hydrogens is 403 g/mol. The number of hydrogen-bond donors (Lipinski definition) is 3. The average molecular weight is 425 g/mol. The molecule has 2 aromatic rings. The molecule has 0 amide bonds. The topological polar surface area (TPSA) is 88.3 Å². The van der Waals surface area contributed by atoms with Gasteiger partial charge in [-0.05, 0) is 31.2 Å². The lowest BCUT2D eigenvalue weighted by molar-refractivity contribution is 0.0378. The number of rotatable bonds is 7. The van der Waals surface area contributed by atoms with E-state index in [0.29, 0.717) is 27.5 Å². The van der Waals surface area contributed by atoms with Gasteiger partial charge < -0.3 is 21.1 Å². The molecule has 1 fully saturated rings. The molecule has 0 unspecified atom stereocenters. The lowest BCUT2D eigenvalue weighted by Gasteiger charge is -2.26. The predicted octanol–water partition coefficient (Wildman–Crippen LogP) is 2.84. The number of benzene rings is 1. The zero-order valence-electron chi connectivity index (χ0n) is 14.3. The molecule has 26 heavy (non-hydrogen) atoms. The average Bonchev–Trinajstić information content (AvgIpc) is 2.64. The normalized spacial score (nSPS) is 15.0. The zero-order valence-corrected chi connectivity index (χ0v) is 15.9. The quantitative estimate of drug-likeness (QED) is 0.588. The molecule has 140 valence electrons. The number of anilines is 4. The number of nitrogens with two attached hydrogens (primary N) is 1. The summed E-state index contributed by atoms with van der Waals surface area (Å²) in [6, 6.07) is 4.74. The van der Waals surface area contributed by atoms with Gasteiger partial charge in [-0.2, -0.15) is 0 Å². The van der Waals surface area contributed by atoms with Crippen molar-refractivity contribution in [2.75, 3.05) is 55.8 Å². The molecule has 4 N–H and O–H groups in total. The Labute approximate surface area is 160 Å². The van der Waals surface area contributed by atoms with Gasteiger partial charge in [0, 0.05) is 24.1 Å². The maximum atomic E-state index is 14.0. The van der Waals surface area contributed by atoms with Crippen molar-refractivity contribution in [2.24, 2.45) is 0 Å². The Kier molecular flexibility index (Phi) is 6.59. The van der Waals surface area contributed by atoms with Gasteiger partial charge >= 0.3 is 0 Å². The fourth-order valence-corrected chi connectivity index (χ4v) is 3.02. The van der Waals surface area contributed by atoms with Gasteiger partial charge in [0.2, 0.25) is 0 Å². The second-order valence-electron chi connectivity index (χ2n) is 5.97. The van der Waals surface area contributed by atoms with Crippen LogP contribution in [-0.4, -0.2) is 54.3 Å². The third kappa shape index (κ3) is 5.03. The Balaban J connectivity index is 1.56. The summed E-state index contributed by atoms with van der Waals surface area (Å²) in [5.41, 5.74) is 6.79. The van der Waals surface area contributed by atoms with Gasteiger partial charge in [-0.25, -0.2) is 14.4 Å². The van der Waals surface area contributed by atoms with Gasteiger partial charge in [0.05, 0.1) is 18.9 Å². The summed E-state index contributed by atoms with van der Waals surface area (Å²) in [6.45, 7) is 5.29. The van der Waals surface area contributed by atoms with Crippen LogP contribution in [-0.2, 0) is 4.74 Å². The Hall–Kier alpha value is -1.97. The minimum atomic E-state index is -0.391. The van der Waals surface area contributed by atoms with Crippen LogP contribution in [0, 0.1) is 5.82 Å². The van der Waals surface area contributed by atoms with Crippen molar-refractivity contribution >= 4 is 38.9 Å². The highest BCUT2D eigenvalue weighted by Gasteiger charge is 2.12. The van der Waals surface area contributed by atoms with Crippen molar-refractivity contribution in [3.63, 3.8) is 0 Å². The smallest absolute Gasteiger partial charge is 0.159 e. The molecule has 0 saturated carbocycles. The van der Waals surface area contributed by atoms with E-state index >= 15 is 0 Å². The first-order valence-electron chi connectivity index (χ1n) is 8.50. The van der Waals surface area contributed by atoms with Crippen LogP contribution in [0.15, 0.2) is 29.0 Å². The highest BCUT2D eigenvalue weighted by Crippen LogP contribution is 2.28. The van der Waals surface area contributed by atoms with E-state index in [1.807, 2.05) is 0 Å². The first kappa shape index (κ1) is 18.8. The van der Waals surface area contributed by atoms with Crippen LogP contribution < -0.4 is 16.4 Å². The molecule has 1 saturated heterocycles. The largest absolute Gasteiger partial charge is 0.393 e. The van der Waals surface area contributed by atoms with Crippen LogP contribution in [0.5, 0.6) is 0 Å². The van der Waals surface area contributed by atoms with Crippen LogP contribution in [0.25, 0.3) is 0 Å². The monoisotopic (exact) mass is 424 g/mol. The summed E-state index contributed by atoms with van der Waals surface area (Å²) in [5, 5.41) is 6.14. The minimum absolute atomic E-state index is 0.303. The second kappa shape index (κ2) is 9.11. The Morgan fingerprint density at radius 3 is 2.77 bits per heavy atom. The first-order chi connectivity index (χ1) is 12.6. The van der Waals surface area contributed by atoms with Crippen molar-refractivity contribution in [1.82, 2.24) is 14.9 Å². The van der Waals surface area contributed by atoms with E-state index in [2.05, 4.69) is 41.4 Å². The molecule has 0 aliphatic carbocycles. The maximum Gasteiger partial charge on any atom is 0.159 e. The number of nitrogen functional groups attached to an aromatic ring is 1. The van der Waals surface area contributed by atoms with Crippen molar-refractivity contribution in [3.8, 4) is 0 Å². The number of nitrogens with zero attached hydrogens (tertiary/aromatic N) is 3. The van der Waals surface area contributed by atoms with E-state index in [-0.39, 0.29) is 0 Å². The summed E-state index contributed by atoms with van der Waals surface area (Å²) in [7, 11) is 0. The van der Waals surface area contributed by atoms with Crippen molar-refractivity contribution in [3.05, 3.63) is 34.8 Å². The Morgan fingerprint density at radius 2 is 2.00 bits per heavy atom. The standard InChI is InChI=1S/C17H22BrFN6O/c18-12-2-3-14(13(19)10-12)24-17-15(20)16(22-11-23-17)21-4-1-5-25-6-8-26-9-7-25/h2-3,10-11H,1,4-9,20H2,(H2,21,22,23,24). The zero-order chi connectivity index (χ0) is 18.4. The van der Waals surface area contributed by atoms with E-state index in [4.69, 9.17) is 10.5 Å². The third-order valence-corrected chi connectivity index (χ3v) is 4.61. The molecule has 0 radical (unpaired) electrons. The van der Waals surface area contributed by atoms with Crippen molar-refractivity contribution in [2.45, 2.75) is 6.42 Å². The molecule has 3 rings (SSSR count). The lowest BCUT2D eigenvalue weighted by atomic mass is 10.3. The fraction of sp³-hybridized carbons (Fsp3) is 0.412. The maximum absolute atomic E-state index is 14.0. The van der Waals surface area contributed by atoms with E-state index in [1.165, 1.54) is 12.4 Å². The molecular formula is C17H22BrFN6O. The highest BCUT2D eigenvalue weighted by molar-refractivity contribution is 9.10. The molecule has 0 bridgehead atoms. The van der Waals surface area contributed by atoms with Gasteiger partial charge in [-0.15, -0.1) is 0 Å². The Morgan fingerprint density at radius 1 is 1.23 bits per heavy atom. The third-order valence-electron chi connectivity index (χ3n) is 4.12. The van der Waals surface area contributed by atoms with Crippen LogP contribution >= 0.6 is 15.9 Å². The molecule has 1 aliphatic heterocycles. The van der Waals surface area contributed by atoms with E-state index in [9.17, 15) is 4.39 Å². The van der Waals surface area contributed by atoms with Gasteiger partial charge in [0.1, 0.15) is 17.8 Å². The fourth-order valence-electron chi connectivity index (χ4n) is 2.69. The molecule has 7 nitrogen and oxygen atoms in total. The number of hydrogen-bond acceptors (Lipinski definition) is 7. The van der Waals surface area contributed by atoms with E-state index < -0.39 is 5.82 Å². The number of nitrogens with one attached hydrogen (secondary N) is 2. The summed E-state index contributed by atoms with van der Waals surface area (Å²) in [4.78, 5) is 10.7. The molecule has 1 aromatic heterocycles. The summed E-state index contributed by atoms with van der Waals surface area (Å²) < 4.78 is 20.0. The minimum Gasteiger partial charge on any atom is -0.393 e. The van der Waals surface area contributed by atoms with E-state index in [0.717, 1.165) is 45.8 Å². The second-order valence-corrected chi connectivity index (χ2v) is 6.88. The summed E-state index contributed by atoms with van der Waals surface area (Å²) in [6.07, 6.45) is 2.37. The van der Waals surface area contributed by atoms with Gasteiger partial charge in [-0.3, -0.25) is 4.90 Å². The van der Waals surface area contributed by atoms with Crippen LogP contribution in [0.2, 0.25) is 0 Å². The summed E-state index contributed by atoms with van der Waals surface area (Å²) in [5.74, 6) is 0.524. The lowest BCUT2D eigenvalue weighted by Crippen LogP contribution is -2.37. The van der Waals surface area contributed by atoms with Gasteiger partial charge in [0.15, 0.2) is 11.6 Å². The molecule has 0 spiro atoms. The highest BCUT2D eigenvalue weighted by atomic mass is 79.9. The summed E-state index contributed by atoms with van der Waals surface area (Å²) >= 11 is 3.23. The number of morpholine rings is 1. The molecule has 0 atom stereocenters. The number of halogens is 2. The van der Waals surface area contributed by atoms with Crippen molar-refractivity contribution < 1.29 is 9.13 Å². The van der Waals surface area contributed by atoms with E-state index in [1.54, 1.807) is 12.1 Å². The number of aromatic nitrogens is 2. The van der Waals surface area contributed by atoms with Crippen molar-refractivity contribution in [1.29, 1.82) is 0 Å².